The molecule has 1 N–H and O–H groups in total. The van der Waals surface area contributed by atoms with Crippen LogP contribution in [0.2, 0.25) is 0 Å². The average Bonchev–Trinajstić information content (AvgIpc) is 2.87. The van der Waals surface area contributed by atoms with E-state index in [1.165, 1.54) is 0 Å². The van der Waals surface area contributed by atoms with Crippen LogP contribution in [0.3, 0.4) is 0 Å². The van der Waals surface area contributed by atoms with Gasteiger partial charge >= 0.3 is 0 Å². The number of benzene rings is 1. The van der Waals surface area contributed by atoms with E-state index in [-0.39, 0.29) is 30.3 Å². The largest absolute Gasteiger partial charge is 0.350 e. The first-order chi connectivity index (χ1) is 12.6. The molecule has 2 amide bonds. The minimum atomic E-state index is -0.316. The predicted octanol–water partition coefficient (Wildman–Crippen LogP) is 2.79. The van der Waals surface area contributed by atoms with Gasteiger partial charge in [0.2, 0.25) is 11.8 Å². The highest BCUT2D eigenvalue weighted by molar-refractivity contribution is 5.86. The third kappa shape index (κ3) is 5.42. The van der Waals surface area contributed by atoms with Crippen LogP contribution in [0.4, 0.5) is 0 Å². The molecule has 0 unspecified atom stereocenters. The lowest BCUT2D eigenvalue weighted by atomic mass is 10.1. The Balaban J connectivity index is 2.14. The molecule has 1 heterocycles. The summed E-state index contributed by atoms with van der Waals surface area (Å²) in [6, 6.07) is 9.86. The maximum atomic E-state index is 12.8. The fourth-order valence-electron chi connectivity index (χ4n) is 3.02. The van der Waals surface area contributed by atoms with Crippen LogP contribution in [0.5, 0.6) is 0 Å². The second kappa shape index (κ2) is 8.37. The molecule has 27 heavy (non-hydrogen) atoms. The van der Waals surface area contributed by atoms with Crippen molar-refractivity contribution in [2.75, 3.05) is 13.1 Å². The fraction of sp³-hybridized carbons (Fsp3) is 0.476. The number of carbonyl (C=O) groups excluding carboxylic acids is 2. The lowest BCUT2D eigenvalue weighted by Crippen LogP contribution is -2.47. The molecule has 1 aromatic carbocycles. The smallest absolute Gasteiger partial charge is 0.240 e. The molecule has 2 rings (SSSR count). The van der Waals surface area contributed by atoms with Gasteiger partial charge in [0.25, 0.3) is 0 Å². The van der Waals surface area contributed by atoms with Gasteiger partial charge in [-0.2, -0.15) is 5.10 Å². The van der Waals surface area contributed by atoms with Gasteiger partial charge in [0.1, 0.15) is 0 Å². The van der Waals surface area contributed by atoms with Gasteiger partial charge in [-0.1, -0.05) is 18.2 Å². The molecule has 0 spiro atoms. The monoisotopic (exact) mass is 370 g/mol. The van der Waals surface area contributed by atoms with Crippen molar-refractivity contribution < 1.29 is 9.59 Å². The zero-order valence-corrected chi connectivity index (χ0v) is 17.2. The fourth-order valence-corrected chi connectivity index (χ4v) is 3.02. The maximum absolute atomic E-state index is 12.8. The first-order valence-electron chi connectivity index (χ1n) is 9.31. The summed E-state index contributed by atoms with van der Waals surface area (Å²) in [7, 11) is 0. The molecule has 0 aliphatic carbocycles. The minimum absolute atomic E-state index is 0.0670. The topological polar surface area (TPSA) is 67.2 Å². The Hall–Kier alpha value is -2.63. The second-order valence-corrected chi connectivity index (χ2v) is 7.78. The SMILES string of the molecule is CCN(CC(=O)NC(C)(C)C)C(=O)Cc1c(C)nn(-c2ccccc2)c1C. The molecule has 0 atom stereocenters. The number of hydrogen-bond donors (Lipinski definition) is 1. The first kappa shape index (κ1) is 20.7. The van der Waals surface area contributed by atoms with Crippen molar-refractivity contribution in [1.29, 1.82) is 0 Å². The van der Waals surface area contributed by atoms with E-state index < -0.39 is 0 Å². The molecule has 146 valence electrons. The number of aromatic nitrogens is 2. The first-order valence-corrected chi connectivity index (χ1v) is 9.31. The Morgan fingerprint density at radius 2 is 1.78 bits per heavy atom. The van der Waals surface area contributed by atoms with Gasteiger partial charge < -0.3 is 10.2 Å². The molecule has 0 saturated carbocycles. The van der Waals surface area contributed by atoms with Gasteiger partial charge in [-0.3, -0.25) is 9.59 Å². The molecule has 6 heteroatoms. The Bertz CT molecular complexity index is 804. The summed E-state index contributed by atoms with van der Waals surface area (Å²) < 4.78 is 1.86. The van der Waals surface area contributed by atoms with Crippen LogP contribution in [-0.2, 0) is 16.0 Å². The van der Waals surface area contributed by atoms with Crippen LogP contribution in [-0.4, -0.2) is 45.1 Å². The molecule has 0 aliphatic rings. The summed E-state index contributed by atoms with van der Waals surface area (Å²) in [6.07, 6.45) is 0.237. The van der Waals surface area contributed by atoms with Gasteiger partial charge in [0, 0.05) is 23.3 Å². The molecule has 0 fully saturated rings. The van der Waals surface area contributed by atoms with Crippen molar-refractivity contribution in [2.45, 2.75) is 53.5 Å². The molecular weight excluding hydrogens is 340 g/mol. The highest BCUT2D eigenvalue weighted by Gasteiger charge is 2.22. The van der Waals surface area contributed by atoms with Crippen molar-refractivity contribution in [3.05, 3.63) is 47.3 Å². The van der Waals surface area contributed by atoms with E-state index in [1.807, 2.05) is 76.6 Å². The lowest BCUT2D eigenvalue weighted by Gasteiger charge is -2.25. The van der Waals surface area contributed by atoms with E-state index in [4.69, 9.17) is 0 Å². The summed E-state index contributed by atoms with van der Waals surface area (Å²) in [5.41, 5.74) is 3.35. The number of aryl methyl sites for hydroxylation is 1. The van der Waals surface area contributed by atoms with Gasteiger partial charge in [0.15, 0.2) is 0 Å². The van der Waals surface area contributed by atoms with E-state index >= 15 is 0 Å². The summed E-state index contributed by atoms with van der Waals surface area (Å²) >= 11 is 0. The summed E-state index contributed by atoms with van der Waals surface area (Å²) in [5.74, 6) is -0.216. The van der Waals surface area contributed by atoms with E-state index in [9.17, 15) is 9.59 Å². The van der Waals surface area contributed by atoms with Crippen LogP contribution in [0, 0.1) is 13.8 Å². The number of rotatable bonds is 6. The van der Waals surface area contributed by atoms with Crippen LogP contribution in [0.1, 0.15) is 44.6 Å². The van der Waals surface area contributed by atoms with Gasteiger partial charge in [0.05, 0.1) is 24.3 Å². The summed E-state index contributed by atoms with van der Waals surface area (Å²) in [4.78, 5) is 26.6. The zero-order valence-electron chi connectivity index (χ0n) is 17.2. The lowest BCUT2D eigenvalue weighted by molar-refractivity contribution is -0.135. The number of amides is 2. The molecular formula is C21H30N4O2. The number of carbonyl (C=O) groups is 2. The van der Waals surface area contributed by atoms with Crippen molar-refractivity contribution in [3.8, 4) is 5.69 Å². The van der Waals surface area contributed by atoms with Gasteiger partial charge in [-0.15, -0.1) is 0 Å². The van der Waals surface area contributed by atoms with Crippen molar-refractivity contribution in [1.82, 2.24) is 20.0 Å². The zero-order chi connectivity index (χ0) is 20.2. The molecule has 0 aliphatic heterocycles. The Morgan fingerprint density at radius 1 is 1.15 bits per heavy atom. The molecule has 1 aromatic heterocycles. The quantitative estimate of drug-likeness (QED) is 0.850. The summed E-state index contributed by atoms with van der Waals surface area (Å²) in [6.45, 7) is 12.1. The summed E-state index contributed by atoms with van der Waals surface area (Å²) in [5, 5.41) is 7.50. The van der Waals surface area contributed by atoms with Crippen LogP contribution < -0.4 is 5.32 Å². The van der Waals surface area contributed by atoms with Crippen molar-refractivity contribution >= 4 is 11.8 Å². The van der Waals surface area contributed by atoms with Gasteiger partial charge in [-0.25, -0.2) is 4.68 Å². The predicted molar refractivity (Wildman–Crippen MR) is 107 cm³/mol. The number of likely N-dealkylation sites (N-methyl/N-ethyl adjacent to an activating group) is 1. The number of hydrogen-bond acceptors (Lipinski definition) is 3. The van der Waals surface area contributed by atoms with Crippen molar-refractivity contribution in [3.63, 3.8) is 0 Å². The second-order valence-electron chi connectivity index (χ2n) is 7.78. The Kier molecular flexibility index (Phi) is 6.41. The van der Waals surface area contributed by atoms with E-state index in [2.05, 4.69) is 10.4 Å². The Labute approximate surface area is 161 Å². The number of para-hydroxylation sites is 1. The molecule has 6 nitrogen and oxygen atoms in total. The number of nitrogens with zero attached hydrogens (tertiary/aromatic N) is 3. The molecule has 2 aromatic rings. The third-order valence-corrected chi connectivity index (χ3v) is 4.35. The standard InChI is InChI=1S/C21H30N4O2/c1-7-24(14-19(26)22-21(4,5)6)20(27)13-18-15(2)23-25(16(18)3)17-11-9-8-10-12-17/h8-12H,7,13-14H2,1-6H3,(H,22,26). The van der Waals surface area contributed by atoms with E-state index in [1.54, 1.807) is 4.90 Å². The maximum Gasteiger partial charge on any atom is 0.240 e. The van der Waals surface area contributed by atoms with E-state index in [0.717, 1.165) is 22.6 Å². The normalized spacial score (nSPS) is 11.3. The van der Waals surface area contributed by atoms with Crippen LogP contribution in [0.25, 0.3) is 5.69 Å². The van der Waals surface area contributed by atoms with Crippen molar-refractivity contribution in [2.24, 2.45) is 0 Å². The van der Waals surface area contributed by atoms with Gasteiger partial charge in [-0.05, 0) is 53.7 Å². The molecule has 0 bridgehead atoms. The van der Waals surface area contributed by atoms with Crippen LogP contribution in [0.15, 0.2) is 30.3 Å². The van der Waals surface area contributed by atoms with E-state index in [0.29, 0.717) is 6.54 Å². The molecule has 0 radical (unpaired) electrons. The third-order valence-electron chi connectivity index (χ3n) is 4.35. The highest BCUT2D eigenvalue weighted by atomic mass is 16.2. The van der Waals surface area contributed by atoms with Crippen LogP contribution >= 0.6 is 0 Å². The highest BCUT2D eigenvalue weighted by Crippen LogP contribution is 2.19. The Morgan fingerprint density at radius 3 is 2.33 bits per heavy atom. The average molecular weight is 370 g/mol. The minimum Gasteiger partial charge on any atom is -0.350 e. The molecule has 0 saturated heterocycles. The number of nitrogens with one attached hydrogen (secondary N) is 1.